The fraction of sp³-hybridized carbons (Fsp3) is 0.150. The summed E-state index contributed by atoms with van der Waals surface area (Å²) in [6.45, 7) is 0. The predicted molar refractivity (Wildman–Crippen MR) is 115 cm³/mol. The molecular weight excluding hydrogens is 404 g/mol. The standard InChI is InChI=1S/C20H18N6O3S/c1-25-10-15(13-6-11(4-5-17(13)25)20(27)24-30(3,28)29)16-7-14-18-12(9-22-26(18)2)8-21-19(14)23-16/h4-10,22H,1-3H3,(H,24,27). The van der Waals surface area contributed by atoms with E-state index in [0.29, 0.717) is 5.65 Å². The van der Waals surface area contributed by atoms with Gasteiger partial charge in [-0.2, -0.15) is 0 Å². The predicted octanol–water partition coefficient (Wildman–Crippen LogP) is 2.30. The molecule has 0 aliphatic rings. The summed E-state index contributed by atoms with van der Waals surface area (Å²) in [7, 11) is 0.190. The minimum atomic E-state index is -3.65. The van der Waals surface area contributed by atoms with E-state index in [1.165, 1.54) is 0 Å². The number of nitrogens with zero attached hydrogens (tertiary/aromatic N) is 4. The summed E-state index contributed by atoms with van der Waals surface area (Å²) >= 11 is 0. The number of hydrogen-bond donors (Lipinski definition) is 2. The van der Waals surface area contributed by atoms with Crippen LogP contribution in [0.4, 0.5) is 0 Å². The number of H-pyrrole nitrogens is 1. The first kappa shape index (κ1) is 18.4. The number of benzene rings is 1. The van der Waals surface area contributed by atoms with E-state index >= 15 is 0 Å². The van der Waals surface area contributed by atoms with Crippen molar-refractivity contribution in [3.05, 3.63) is 48.4 Å². The van der Waals surface area contributed by atoms with E-state index in [0.717, 1.165) is 44.7 Å². The van der Waals surface area contributed by atoms with E-state index in [-0.39, 0.29) is 5.56 Å². The van der Waals surface area contributed by atoms with Gasteiger partial charge in [-0.25, -0.2) is 23.1 Å². The van der Waals surface area contributed by atoms with Gasteiger partial charge in [0.1, 0.15) is 0 Å². The number of aromatic nitrogens is 5. The van der Waals surface area contributed by atoms with E-state index < -0.39 is 15.9 Å². The molecule has 0 spiro atoms. The van der Waals surface area contributed by atoms with Crippen LogP contribution in [-0.4, -0.2) is 44.9 Å². The Morgan fingerprint density at radius 2 is 1.97 bits per heavy atom. The summed E-state index contributed by atoms with van der Waals surface area (Å²) in [4.78, 5) is 21.5. The Balaban J connectivity index is 1.70. The molecule has 2 N–H and O–H groups in total. The van der Waals surface area contributed by atoms with Crippen molar-refractivity contribution in [3.63, 3.8) is 0 Å². The van der Waals surface area contributed by atoms with E-state index in [1.54, 1.807) is 24.4 Å². The molecule has 30 heavy (non-hydrogen) atoms. The lowest BCUT2D eigenvalue weighted by atomic mass is 10.1. The average molecular weight is 422 g/mol. The molecule has 152 valence electrons. The first-order valence-corrected chi connectivity index (χ1v) is 11.0. The van der Waals surface area contributed by atoms with Gasteiger partial charge < -0.3 is 9.67 Å². The normalized spacial score (nSPS) is 12.2. The summed E-state index contributed by atoms with van der Waals surface area (Å²) in [5.74, 6) is -0.669. The number of fused-ring (bicyclic) bond motifs is 4. The quantitative estimate of drug-likeness (QED) is 0.463. The van der Waals surface area contributed by atoms with Gasteiger partial charge in [-0.3, -0.25) is 9.48 Å². The molecule has 0 bridgehead atoms. The van der Waals surface area contributed by atoms with Crippen molar-refractivity contribution in [2.45, 2.75) is 0 Å². The van der Waals surface area contributed by atoms with E-state index in [1.807, 2.05) is 46.5 Å². The van der Waals surface area contributed by atoms with Gasteiger partial charge in [-0.1, -0.05) is 0 Å². The van der Waals surface area contributed by atoms with Crippen LogP contribution in [0.25, 0.3) is 44.1 Å². The number of carbonyl (C=O) groups is 1. The Hall–Kier alpha value is -3.66. The van der Waals surface area contributed by atoms with Crippen molar-refractivity contribution in [1.82, 2.24) is 29.0 Å². The lowest BCUT2D eigenvalue weighted by molar-refractivity contribution is 0.0982. The van der Waals surface area contributed by atoms with Crippen molar-refractivity contribution < 1.29 is 13.2 Å². The maximum atomic E-state index is 12.3. The van der Waals surface area contributed by atoms with Crippen LogP contribution in [-0.2, 0) is 24.1 Å². The van der Waals surface area contributed by atoms with Crippen LogP contribution in [0.15, 0.2) is 42.9 Å². The molecule has 1 aromatic carbocycles. The van der Waals surface area contributed by atoms with Gasteiger partial charge in [0, 0.05) is 65.5 Å². The highest BCUT2D eigenvalue weighted by Crippen LogP contribution is 2.34. The highest BCUT2D eigenvalue weighted by atomic mass is 32.2. The van der Waals surface area contributed by atoms with E-state index in [2.05, 4.69) is 10.1 Å². The number of nitrogens with one attached hydrogen (secondary N) is 2. The maximum Gasteiger partial charge on any atom is 0.264 e. The molecule has 0 aliphatic carbocycles. The van der Waals surface area contributed by atoms with Crippen LogP contribution in [0.2, 0.25) is 0 Å². The molecule has 0 atom stereocenters. The third-order valence-electron chi connectivity index (χ3n) is 5.16. The summed E-state index contributed by atoms with van der Waals surface area (Å²) in [5, 5.41) is 5.86. The number of carbonyl (C=O) groups excluding carboxylic acids is 1. The SMILES string of the molecule is Cn1cc(-c2cc3c(ncc4c[nH]n(C)c43)n2)c2cc(C(=O)NS(C)(=O)=O)ccc21. The zero-order valence-corrected chi connectivity index (χ0v) is 17.3. The lowest BCUT2D eigenvalue weighted by Gasteiger charge is -2.04. The molecule has 5 aromatic rings. The molecule has 10 heteroatoms. The fourth-order valence-corrected chi connectivity index (χ4v) is 4.30. The second-order valence-electron chi connectivity index (χ2n) is 7.36. The van der Waals surface area contributed by atoms with Crippen LogP contribution < -0.4 is 4.72 Å². The van der Waals surface area contributed by atoms with E-state index in [9.17, 15) is 13.2 Å². The number of aryl methyl sites for hydroxylation is 2. The van der Waals surface area contributed by atoms with Crippen LogP contribution in [0.1, 0.15) is 10.4 Å². The number of amides is 1. The maximum absolute atomic E-state index is 12.3. The molecule has 5 rings (SSSR count). The molecule has 4 aromatic heterocycles. The number of sulfonamides is 1. The summed E-state index contributed by atoms with van der Waals surface area (Å²) in [6.07, 6.45) is 6.56. The highest BCUT2D eigenvalue weighted by Gasteiger charge is 2.18. The number of pyridine rings is 1. The summed E-state index contributed by atoms with van der Waals surface area (Å²) in [5.41, 5.74) is 4.37. The second-order valence-corrected chi connectivity index (χ2v) is 9.11. The summed E-state index contributed by atoms with van der Waals surface area (Å²) in [6, 6.07) is 7.06. The minimum absolute atomic E-state index is 0.258. The third kappa shape index (κ3) is 2.84. The Morgan fingerprint density at radius 3 is 2.73 bits per heavy atom. The lowest BCUT2D eigenvalue weighted by Crippen LogP contribution is -2.29. The number of rotatable bonds is 3. The molecule has 0 aliphatic heterocycles. The molecule has 4 heterocycles. The second kappa shape index (κ2) is 6.17. The Labute approximate surface area is 171 Å². The molecule has 0 fully saturated rings. The van der Waals surface area contributed by atoms with Crippen LogP contribution in [0, 0.1) is 0 Å². The van der Waals surface area contributed by atoms with Crippen molar-refractivity contribution in [1.29, 1.82) is 0 Å². The zero-order valence-electron chi connectivity index (χ0n) is 16.5. The Morgan fingerprint density at radius 1 is 1.17 bits per heavy atom. The van der Waals surface area contributed by atoms with Gasteiger partial charge in [0.2, 0.25) is 10.0 Å². The fourth-order valence-electron chi connectivity index (χ4n) is 3.84. The van der Waals surface area contributed by atoms with E-state index in [4.69, 9.17) is 4.98 Å². The van der Waals surface area contributed by atoms with Gasteiger partial charge in [-0.05, 0) is 24.3 Å². The first-order chi connectivity index (χ1) is 14.2. The van der Waals surface area contributed by atoms with Crippen molar-refractivity contribution in [3.8, 4) is 11.3 Å². The van der Waals surface area contributed by atoms with Gasteiger partial charge in [-0.15, -0.1) is 0 Å². The van der Waals surface area contributed by atoms with Crippen molar-refractivity contribution in [2.75, 3.05) is 6.26 Å². The average Bonchev–Trinajstić information content (AvgIpc) is 3.35. The first-order valence-electron chi connectivity index (χ1n) is 9.12. The summed E-state index contributed by atoms with van der Waals surface area (Å²) < 4.78 is 28.7. The smallest absolute Gasteiger partial charge is 0.264 e. The monoisotopic (exact) mass is 422 g/mol. The van der Waals surface area contributed by atoms with Gasteiger partial charge >= 0.3 is 0 Å². The molecule has 0 unspecified atom stereocenters. The third-order valence-corrected chi connectivity index (χ3v) is 5.71. The molecule has 1 amide bonds. The minimum Gasteiger partial charge on any atom is -0.350 e. The van der Waals surface area contributed by atoms with Crippen LogP contribution in [0.5, 0.6) is 0 Å². The Bertz CT molecular complexity index is 1590. The largest absolute Gasteiger partial charge is 0.350 e. The molecule has 0 saturated heterocycles. The van der Waals surface area contributed by atoms with Gasteiger partial charge in [0.25, 0.3) is 5.91 Å². The number of hydrogen-bond acceptors (Lipinski definition) is 5. The molecular formula is C20H18N6O3S. The highest BCUT2D eigenvalue weighted by molar-refractivity contribution is 7.89. The zero-order chi connectivity index (χ0) is 21.2. The van der Waals surface area contributed by atoms with Gasteiger partial charge in [0.05, 0.1) is 17.5 Å². The topological polar surface area (TPSA) is 115 Å². The van der Waals surface area contributed by atoms with Crippen molar-refractivity contribution >= 4 is 48.8 Å². The van der Waals surface area contributed by atoms with Gasteiger partial charge in [0.15, 0.2) is 5.65 Å². The number of aromatic amines is 1. The van der Waals surface area contributed by atoms with Crippen molar-refractivity contribution in [2.24, 2.45) is 14.1 Å². The molecule has 0 saturated carbocycles. The van der Waals surface area contributed by atoms with Crippen LogP contribution >= 0.6 is 0 Å². The molecule has 0 radical (unpaired) electrons. The Kier molecular flexibility index (Phi) is 3.78. The molecule has 9 nitrogen and oxygen atoms in total. The van der Waals surface area contributed by atoms with Crippen LogP contribution in [0.3, 0.4) is 0 Å².